The molecule has 366 valence electrons. The van der Waals surface area contributed by atoms with Gasteiger partial charge in [0.15, 0.2) is 8.32 Å². The molecule has 70 heavy (non-hydrogen) atoms. The van der Waals surface area contributed by atoms with Crippen LogP contribution in [0.15, 0.2) is 212 Å². The van der Waals surface area contributed by atoms with Crippen LogP contribution in [0.2, 0.25) is 16.6 Å². The van der Waals surface area contributed by atoms with E-state index in [1.165, 1.54) is 0 Å². The van der Waals surface area contributed by atoms with Gasteiger partial charge < -0.3 is 23.4 Å². The molecule has 0 aliphatic rings. The van der Waals surface area contributed by atoms with Crippen LogP contribution in [0.25, 0.3) is 0 Å². The smallest absolute Gasteiger partial charge is 0.200 e. The summed E-state index contributed by atoms with van der Waals surface area (Å²) in [5.41, 5.74) is 10.7. The molecule has 8 heteroatoms. The fourth-order valence-electron chi connectivity index (χ4n) is 10.1. The van der Waals surface area contributed by atoms with Crippen molar-refractivity contribution in [2.45, 2.75) is 115 Å². The minimum Gasteiger partial charge on any atom is -0.413 e. The molecular weight excluding hydrogens is 883 g/mol. The molecule has 1 unspecified atom stereocenters. The Bertz CT molecular complexity index is 2360. The van der Waals surface area contributed by atoms with Gasteiger partial charge in [-0.2, -0.15) is 5.48 Å². The number of hydrogen-bond acceptors (Lipinski definition) is 7. The zero-order valence-electron chi connectivity index (χ0n) is 41.9. The second-order valence-electron chi connectivity index (χ2n) is 19.1. The molecule has 0 spiro atoms. The van der Waals surface area contributed by atoms with Gasteiger partial charge in [-0.05, 0) is 55.6 Å². The van der Waals surface area contributed by atoms with Gasteiger partial charge >= 0.3 is 0 Å². The maximum Gasteiger partial charge on any atom is 0.200 e. The van der Waals surface area contributed by atoms with Gasteiger partial charge in [-0.25, -0.2) is 0 Å². The summed E-state index contributed by atoms with van der Waals surface area (Å²) >= 11 is 0. The molecule has 1 N–H and O–H groups in total. The van der Waals surface area contributed by atoms with Gasteiger partial charge in [-0.3, -0.25) is 4.84 Å². The molecule has 0 bridgehead atoms. The molecule has 0 aliphatic carbocycles. The molecule has 0 amide bonds. The quantitative estimate of drug-likeness (QED) is 0.0298. The predicted octanol–water partition coefficient (Wildman–Crippen LogP) is 14.0. The van der Waals surface area contributed by atoms with E-state index in [1.807, 2.05) is 91.0 Å². The second kappa shape index (κ2) is 26.6. The normalized spacial score (nSPS) is 13.9. The minimum absolute atomic E-state index is 0.132. The molecule has 0 saturated heterocycles. The number of hydroxylamine groups is 1. The molecule has 0 aliphatic heterocycles. The van der Waals surface area contributed by atoms with Crippen LogP contribution >= 0.6 is 0 Å². The van der Waals surface area contributed by atoms with E-state index in [1.54, 1.807) is 0 Å². The first-order valence-electron chi connectivity index (χ1n) is 25.0. The average Bonchev–Trinajstić information content (AvgIpc) is 3.40. The van der Waals surface area contributed by atoms with Crippen LogP contribution in [0.5, 0.6) is 0 Å². The van der Waals surface area contributed by atoms with E-state index < -0.39 is 38.3 Å². The molecule has 7 rings (SSSR count). The SMILES string of the molecule is CC(C)[Si](OC[C@@H](OCc1ccccc1)[C@@H](OCc1ccccc1)[C@@H](OCc1ccccc1)C(COC(c1ccccc1)(c1ccccc1)c1ccccc1)NOCc1ccccc1)(C(C)C)C(C)C. The van der Waals surface area contributed by atoms with E-state index in [4.69, 9.17) is 28.2 Å². The zero-order chi connectivity index (χ0) is 49.0. The summed E-state index contributed by atoms with van der Waals surface area (Å²) in [5.74, 6) is 0. The van der Waals surface area contributed by atoms with Crippen molar-refractivity contribution in [3.05, 3.63) is 251 Å². The maximum absolute atomic E-state index is 7.67. The summed E-state index contributed by atoms with van der Waals surface area (Å²) in [7, 11) is -2.42. The lowest BCUT2D eigenvalue weighted by molar-refractivity contribution is -0.188. The van der Waals surface area contributed by atoms with Gasteiger partial charge in [-0.15, -0.1) is 0 Å². The molecule has 0 saturated carbocycles. The van der Waals surface area contributed by atoms with Crippen molar-refractivity contribution in [1.29, 1.82) is 0 Å². The molecule has 0 radical (unpaired) electrons. The van der Waals surface area contributed by atoms with Gasteiger partial charge in [0.2, 0.25) is 0 Å². The van der Waals surface area contributed by atoms with Gasteiger partial charge in [-0.1, -0.05) is 254 Å². The number of benzene rings is 7. The molecule has 7 aromatic rings. The lowest BCUT2D eigenvalue weighted by atomic mass is 9.80. The third-order valence-electron chi connectivity index (χ3n) is 13.5. The van der Waals surface area contributed by atoms with Crippen LogP contribution in [0.4, 0.5) is 0 Å². The van der Waals surface area contributed by atoms with Crippen LogP contribution in [0, 0.1) is 0 Å². The first kappa shape index (κ1) is 52.3. The summed E-state index contributed by atoms with van der Waals surface area (Å²) in [6, 6.07) is 71.9. The van der Waals surface area contributed by atoms with E-state index in [2.05, 4.69) is 168 Å². The largest absolute Gasteiger partial charge is 0.413 e. The number of hydrogen-bond donors (Lipinski definition) is 1. The maximum atomic E-state index is 7.67. The third kappa shape index (κ3) is 13.7. The van der Waals surface area contributed by atoms with Gasteiger partial charge in [0.05, 0.1) is 45.7 Å². The highest BCUT2D eigenvalue weighted by atomic mass is 28.4. The van der Waals surface area contributed by atoms with E-state index in [-0.39, 0.29) is 6.61 Å². The second-order valence-corrected chi connectivity index (χ2v) is 24.5. The van der Waals surface area contributed by atoms with Crippen molar-refractivity contribution >= 4 is 8.32 Å². The lowest BCUT2D eigenvalue weighted by Crippen LogP contribution is -2.58. The van der Waals surface area contributed by atoms with Crippen molar-refractivity contribution in [2.24, 2.45) is 0 Å². The first-order valence-corrected chi connectivity index (χ1v) is 27.2. The Morgan fingerprint density at radius 1 is 0.386 bits per heavy atom. The Morgan fingerprint density at radius 2 is 0.714 bits per heavy atom. The monoisotopic (exact) mass is 956 g/mol. The average molecular weight is 956 g/mol. The molecule has 4 atom stereocenters. The fourth-order valence-corrected chi connectivity index (χ4v) is 15.6. The van der Waals surface area contributed by atoms with Crippen molar-refractivity contribution in [3.63, 3.8) is 0 Å². The Morgan fingerprint density at radius 3 is 1.09 bits per heavy atom. The number of nitrogens with one attached hydrogen (secondary N) is 1. The molecule has 0 heterocycles. The Kier molecular flexibility index (Phi) is 19.9. The van der Waals surface area contributed by atoms with Gasteiger partial charge in [0.1, 0.15) is 23.9 Å². The first-order chi connectivity index (χ1) is 34.2. The Balaban J connectivity index is 1.39. The molecule has 7 aromatic carbocycles. The van der Waals surface area contributed by atoms with Crippen molar-refractivity contribution < 1.29 is 28.2 Å². The van der Waals surface area contributed by atoms with Gasteiger partial charge in [0, 0.05) is 0 Å². The van der Waals surface area contributed by atoms with Crippen LogP contribution in [0.3, 0.4) is 0 Å². The summed E-state index contributed by atoms with van der Waals surface area (Å²) in [4.78, 5) is 6.60. The summed E-state index contributed by atoms with van der Waals surface area (Å²) < 4.78 is 37.1. The highest BCUT2D eigenvalue weighted by molar-refractivity contribution is 6.77. The fraction of sp³-hybridized carbons (Fsp3) is 0.323. The van der Waals surface area contributed by atoms with E-state index in [9.17, 15) is 0 Å². The molecule has 7 nitrogen and oxygen atoms in total. The standard InChI is InChI=1S/C62H73NO6Si/c1-48(2)70(49(3)4,50(5)6)69-47-59(64-42-51-28-14-7-15-29-51)61(66-44-53-32-18-9-19-33-53)60(65-43-52-30-16-8-17-31-52)58(63-68-45-54-34-20-10-21-35-54)46-67-62(55-36-22-11-23-37-55,56-38-24-12-25-39-56)57-40-26-13-27-41-57/h7-41,48-50,58-61,63H,42-47H2,1-6H3/t58?,59-,60+,61-/m1/s1. The Hall–Kier alpha value is -5.52. The van der Waals surface area contributed by atoms with Crippen LogP contribution < -0.4 is 5.48 Å². The van der Waals surface area contributed by atoms with E-state index >= 15 is 0 Å². The zero-order valence-corrected chi connectivity index (χ0v) is 42.9. The van der Waals surface area contributed by atoms with Crippen LogP contribution in [0.1, 0.15) is 80.5 Å². The van der Waals surface area contributed by atoms with E-state index in [0.29, 0.717) is 49.7 Å². The number of ether oxygens (including phenoxy) is 4. The summed E-state index contributed by atoms with van der Waals surface area (Å²) in [6.07, 6.45) is -2.02. The van der Waals surface area contributed by atoms with Crippen LogP contribution in [-0.2, 0) is 60.2 Å². The predicted molar refractivity (Wildman–Crippen MR) is 285 cm³/mol. The highest BCUT2D eigenvalue weighted by Gasteiger charge is 2.48. The summed E-state index contributed by atoms with van der Waals surface area (Å²) in [6.45, 7) is 15.6. The van der Waals surface area contributed by atoms with Crippen LogP contribution in [-0.4, -0.2) is 45.9 Å². The van der Waals surface area contributed by atoms with Crippen molar-refractivity contribution in [1.82, 2.24) is 5.48 Å². The van der Waals surface area contributed by atoms with Crippen molar-refractivity contribution in [3.8, 4) is 0 Å². The number of rotatable bonds is 28. The topological polar surface area (TPSA) is 67.4 Å². The van der Waals surface area contributed by atoms with E-state index in [0.717, 1.165) is 38.9 Å². The minimum atomic E-state index is -2.42. The molecule has 0 fully saturated rings. The summed E-state index contributed by atoms with van der Waals surface area (Å²) in [5, 5.41) is 0. The molecule has 0 aromatic heterocycles. The highest BCUT2D eigenvalue weighted by Crippen LogP contribution is 2.43. The third-order valence-corrected chi connectivity index (χ3v) is 19.6. The lowest BCUT2D eigenvalue weighted by Gasteiger charge is -2.44. The van der Waals surface area contributed by atoms with Crippen molar-refractivity contribution in [2.75, 3.05) is 13.2 Å². The molecular formula is C62H73NO6Si. The van der Waals surface area contributed by atoms with Gasteiger partial charge in [0.25, 0.3) is 0 Å². The Labute approximate surface area is 419 Å².